The van der Waals surface area contributed by atoms with E-state index in [4.69, 9.17) is 18.9 Å². The molecule has 2 atom stereocenters. The highest BCUT2D eigenvalue weighted by atomic mass is 19.1. The maximum atomic E-state index is 14.8. The number of carbonyl (C=O) groups is 3. The Bertz CT molecular complexity index is 1330. The Morgan fingerprint density at radius 3 is 2.08 bits per heavy atom. The Labute approximate surface area is 229 Å². The molecule has 1 aromatic heterocycles. The fraction of sp³-hybridized carbons (Fsp3) is 0.310. The minimum Gasteiger partial charge on any atom is -0.493 e. The van der Waals surface area contributed by atoms with Crippen LogP contribution < -0.4 is 9.47 Å². The van der Waals surface area contributed by atoms with Crippen LogP contribution >= 0.6 is 0 Å². The zero-order chi connectivity index (χ0) is 29.4. The molecule has 0 aliphatic heterocycles. The van der Waals surface area contributed by atoms with Crippen LogP contribution in [0.25, 0.3) is 0 Å². The summed E-state index contributed by atoms with van der Waals surface area (Å²) in [5.74, 6) is -4.78. The van der Waals surface area contributed by atoms with Gasteiger partial charge >= 0.3 is 11.9 Å². The van der Waals surface area contributed by atoms with E-state index in [1.54, 1.807) is 0 Å². The average Bonchev–Trinajstić information content (AvgIpc) is 2.92. The third kappa shape index (κ3) is 6.60. The molecule has 0 saturated heterocycles. The summed E-state index contributed by atoms with van der Waals surface area (Å²) in [5, 5.41) is 11.7. The van der Waals surface area contributed by atoms with Gasteiger partial charge in [0.1, 0.15) is 17.7 Å². The first-order valence-electron chi connectivity index (χ1n) is 12.3. The Hall–Kier alpha value is -4.38. The Morgan fingerprint density at radius 2 is 1.55 bits per heavy atom. The summed E-state index contributed by atoms with van der Waals surface area (Å²) >= 11 is 0. The van der Waals surface area contributed by atoms with Gasteiger partial charge in [-0.2, -0.15) is 0 Å². The maximum absolute atomic E-state index is 14.8. The monoisotopic (exact) mass is 557 g/mol. The highest BCUT2D eigenvalue weighted by Gasteiger charge is 2.44. The van der Waals surface area contributed by atoms with Crippen LogP contribution in [0.3, 0.4) is 0 Å². The van der Waals surface area contributed by atoms with E-state index in [-0.39, 0.29) is 28.3 Å². The zero-order valence-electron chi connectivity index (χ0n) is 22.4. The number of hydrogen-bond acceptors (Lipinski definition) is 9. The second-order valence-electron chi connectivity index (χ2n) is 8.92. The molecule has 0 saturated carbocycles. The normalized spacial score (nSPS) is 12.7. The Morgan fingerprint density at radius 1 is 0.975 bits per heavy atom. The van der Waals surface area contributed by atoms with Crippen molar-refractivity contribution in [2.75, 3.05) is 13.9 Å². The molecule has 0 bridgehead atoms. The van der Waals surface area contributed by atoms with Crippen molar-refractivity contribution in [2.24, 2.45) is 5.92 Å². The van der Waals surface area contributed by atoms with Crippen molar-refractivity contribution in [3.8, 4) is 11.5 Å². The fourth-order valence-electron chi connectivity index (χ4n) is 4.06. The third-order valence-electron chi connectivity index (χ3n) is 6.16. The number of pyridine rings is 1. The van der Waals surface area contributed by atoms with Crippen LogP contribution in [0.4, 0.5) is 8.78 Å². The van der Waals surface area contributed by atoms with Gasteiger partial charge in [0.15, 0.2) is 28.6 Å². The first kappa shape index (κ1) is 30.2. The van der Waals surface area contributed by atoms with E-state index in [1.807, 2.05) is 0 Å². The molecule has 40 heavy (non-hydrogen) atoms. The van der Waals surface area contributed by atoms with Gasteiger partial charge in [-0.3, -0.25) is 14.4 Å². The standard InChI is InChI=1S/C29H29F2NO8/c1-17(15-24(34)26-27(39-16-38-19(3)33)25(37-4)13-14-32-26)28(35)40-18(2)29(36,20-9-5-7-11-22(20)30)21-10-6-8-12-23(21)31/h5-14,17-18,36H,15-16H2,1-4H3/t17-,18+/m1/s1. The summed E-state index contributed by atoms with van der Waals surface area (Å²) < 4.78 is 50.5. The van der Waals surface area contributed by atoms with Gasteiger partial charge in [-0.05, 0) is 19.1 Å². The Balaban J connectivity index is 1.83. The summed E-state index contributed by atoms with van der Waals surface area (Å²) in [6, 6.07) is 11.9. The van der Waals surface area contributed by atoms with Gasteiger partial charge in [0.2, 0.25) is 6.79 Å². The highest BCUT2D eigenvalue weighted by Crippen LogP contribution is 2.38. The lowest BCUT2D eigenvalue weighted by Gasteiger charge is -2.35. The molecular weight excluding hydrogens is 528 g/mol. The molecule has 0 spiro atoms. The van der Waals surface area contributed by atoms with Gasteiger partial charge in [-0.25, -0.2) is 13.8 Å². The lowest BCUT2D eigenvalue weighted by molar-refractivity contribution is -0.164. The summed E-state index contributed by atoms with van der Waals surface area (Å²) in [4.78, 5) is 41.2. The lowest BCUT2D eigenvalue weighted by atomic mass is 9.81. The van der Waals surface area contributed by atoms with Crippen LogP contribution in [0, 0.1) is 17.6 Å². The number of methoxy groups -OCH3 is 1. The number of carbonyl (C=O) groups excluding carboxylic acids is 3. The number of nitrogens with zero attached hydrogens (tertiary/aromatic N) is 1. The molecule has 3 rings (SSSR count). The summed E-state index contributed by atoms with van der Waals surface area (Å²) in [6.07, 6.45) is -0.560. The van der Waals surface area contributed by atoms with Crippen LogP contribution in [0.15, 0.2) is 60.8 Å². The predicted molar refractivity (Wildman–Crippen MR) is 138 cm³/mol. The molecule has 9 nitrogen and oxygen atoms in total. The van der Waals surface area contributed by atoms with E-state index in [0.29, 0.717) is 0 Å². The second-order valence-corrected chi connectivity index (χ2v) is 8.92. The van der Waals surface area contributed by atoms with Gasteiger partial charge in [-0.15, -0.1) is 0 Å². The number of hydrogen-bond donors (Lipinski definition) is 1. The van der Waals surface area contributed by atoms with Crippen molar-refractivity contribution >= 4 is 17.7 Å². The number of ether oxygens (including phenoxy) is 4. The topological polar surface area (TPSA) is 121 Å². The third-order valence-corrected chi connectivity index (χ3v) is 6.16. The number of esters is 2. The molecule has 0 amide bonds. The molecule has 212 valence electrons. The van der Waals surface area contributed by atoms with Gasteiger partial charge in [0.25, 0.3) is 0 Å². The molecule has 0 aliphatic carbocycles. The summed E-state index contributed by atoms with van der Waals surface area (Å²) in [6.45, 7) is 3.40. The Kier molecular flexibility index (Phi) is 9.89. The van der Waals surface area contributed by atoms with Crippen LogP contribution in [0.5, 0.6) is 11.5 Å². The van der Waals surface area contributed by atoms with Crippen molar-refractivity contribution in [1.29, 1.82) is 0 Å². The number of aromatic nitrogens is 1. The number of benzene rings is 2. The van der Waals surface area contributed by atoms with Crippen molar-refractivity contribution < 1.29 is 47.2 Å². The number of rotatable bonds is 12. The molecule has 11 heteroatoms. The smallest absolute Gasteiger partial charge is 0.309 e. The number of aliphatic hydroxyl groups is 1. The molecule has 0 aliphatic rings. The molecule has 1 heterocycles. The summed E-state index contributed by atoms with van der Waals surface area (Å²) in [7, 11) is 1.34. The van der Waals surface area contributed by atoms with Crippen LogP contribution in [-0.4, -0.2) is 47.8 Å². The van der Waals surface area contributed by atoms with Crippen LogP contribution in [0.1, 0.15) is 48.8 Å². The molecule has 0 unspecified atom stereocenters. The number of ketones is 1. The molecule has 3 aromatic rings. The maximum Gasteiger partial charge on any atom is 0.309 e. The lowest BCUT2D eigenvalue weighted by Crippen LogP contribution is -2.44. The van der Waals surface area contributed by atoms with Crippen molar-refractivity contribution in [3.63, 3.8) is 0 Å². The molecular formula is C29H29F2NO8. The van der Waals surface area contributed by atoms with E-state index in [9.17, 15) is 28.3 Å². The molecule has 2 aromatic carbocycles. The van der Waals surface area contributed by atoms with Crippen molar-refractivity contribution in [1.82, 2.24) is 4.98 Å². The second kappa shape index (κ2) is 13.1. The van der Waals surface area contributed by atoms with E-state index in [0.717, 1.165) is 12.1 Å². The molecule has 0 fully saturated rings. The largest absolute Gasteiger partial charge is 0.493 e. The fourth-order valence-corrected chi connectivity index (χ4v) is 4.06. The van der Waals surface area contributed by atoms with Gasteiger partial charge in [-0.1, -0.05) is 43.3 Å². The van der Waals surface area contributed by atoms with E-state index in [1.165, 1.54) is 76.5 Å². The van der Waals surface area contributed by atoms with Crippen LogP contribution in [-0.2, 0) is 24.7 Å². The molecule has 1 N–H and O–H groups in total. The SMILES string of the molecule is COc1ccnc(C(=O)C[C@@H](C)C(=O)O[C@@H](C)C(O)(c2ccccc2F)c2ccccc2F)c1OCOC(C)=O. The van der Waals surface area contributed by atoms with Gasteiger partial charge < -0.3 is 24.1 Å². The minimum absolute atomic E-state index is 0.0846. The first-order chi connectivity index (χ1) is 19.0. The highest BCUT2D eigenvalue weighted by molar-refractivity contribution is 5.99. The molecule has 0 radical (unpaired) electrons. The van der Waals surface area contributed by atoms with E-state index >= 15 is 0 Å². The van der Waals surface area contributed by atoms with Crippen molar-refractivity contribution in [3.05, 3.63) is 89.2 Å². The predicted octanol–water partition coefficient (Wildman–Crippen LogP) is 4.34. The average molecular weight is 558 g/mol. The van der Waals surface area contributed by atoms with E-state index in [2.05, 4.69) is 4.98 Å². The van der Waals surface area contributed by atoms with Gasteiger partial charge in [0.05, 0.1) is 13.0 Å². The summed E-state index contributed by atoms with van der Waals surface area (Å²) in [5.41, 5.74) is -3.14. The van der Waals surface area contributed by atoms with Crippen molar-refractivity contribution in [2.45, 2.75) is 38.9 Å². The zero-order valence-corrected chi connectivity index (χ0v) is 22.4. The van der Waals surface area contributed by atoms with Gasteiger partial charge in [0, 0.05) is 36.7 Å². The van der Waals surface area contributed by atoms with E-state index < -0.39 is 60.2 Å². The minimum atomic E-state index is -2.39. The first-order valence-corrected chi connectivity index (χ1v) is 12.3. The van der Waals surface area contributed by atoms with Crippen LogP contribution in [0.2, 0.25) is 0 Å². The number of Topliss-reactive ketones (excluding diaryl/α,β-unsaturated/α-hetero) is 1. The number of halogens is 2. The quantitative estimate of drug-likeness (QED) is 0.197.